The Bertz CT molecular complexity index is 1620. The highest BCUT2D eigenvalue weighted by molar-refractivity contribution is 7.89. The van der Waals surface area contributed by atoms with Crippen LogP contribution in [0.1, 0.15) is 11.1 Å². The lowest BCUT2D eigenvalue weighted by molar-refractivity contribution is -0.111. The van der Waals surface area contributed by atoms with Gasteiger partial charge < -0.3 is 24.8 Å². The number of sulfone groups is 1. The molecule has 0 saturated carbocycles. The van der Waals surface area contributed by atoms with Crippen LogP contribution >= 0.6 is 0 Å². The van der Waals surface area contributed by atoms with Crippen LogP contribution in [0.15, 0.2) is 73.1 Å². The molecular formula is C30H34N6O4S. The average molecular weight is 575 g/mol. The van der Waals surface area contributed by atoms with Crippen LogP contribution in [0.4, 0.5) is 11.5 Å². The maximum atomic E-state index is 12.9. The van der Waals surface area contributed by atoms with Crippen molar-refractivity contribution < 1.29 is 17.9 Å². The number of hydrogen-bond donors (Lipinski definition) is 2. The maximum Gasteiger partial charge on any atom is 0.248 e. The fourth-order valence-corrected chi connectivity index (χ4v) is 6.19. The summed E-state index contributed by atoms with van der Waals surface area (Å²) in [5.41, 5.74) is 4.58. The van der Waals surface area contributed by atoms with Gasteiger partial charge in [-0.15, -0.1) is 0 Å². The van der Waals surface area contributed by atoms with Gasteiger partial charge in [0.1, 0.15) is 17.8 Å². The summed E-state index contributed by atoms with van der Waals surface area (Å²) in [5.74, 6) is 0.503. The number of aromatic nitrogens is 3. The zero-order valence-corrected chi connectivity index (χ0v) is 24.0. The van der Waals surface area contributed by atoms with E-state index in [1.54, 1.807) is 36.7 Å². The van der Waals surface area contributed by atoms with Gasteiger partial charge in [0.05, 0.1) is 30.1 Å². The first kappa shape index (κ1) is 28.5. The molecular weight excluding hydrogens is 540 g/mol. The maximum absolute atomic E-state index is 12.9. The van der Waals surface area contributed by atoms with E-state index in [9.17, 15) is 13.2 Å². The molecule has 2 N–H and O–H groups in total. The number of morpholine rings is 1. The van der Waals surface area contributed by atoms with Crippen molar-refractivity contribution in [2.45, 2.75) is 11.5 Å². The van der Waals surface area contributed by atoms with Crippen molar-refractivity contribution in [2.24, 2.45) is 0 Å². The lowest BCUT2D eigenvalue weighted by Gasteiger charge is -2.27. The number of fused-ring (bicyclic) bond motifs is 1. The molecule has 1 aliphatic heterocycles. The van der Waals surface area contributed by atoms with E-state index in [-0.39, 0.29) is 17.4 Å². The van der Waals surface area contributed by atoms with Crippen LogP contribution in [0.3, 0.4) is 0 Å². The molecule has 0 aliphatic carbocycles. The summed E-state index contributed by atoms with van der Waals surface area (Å²) in [4.78, 5) is 28.4. The Morgan fingerprint density at radius 3 is 2.34 bits per heavy atom. The summed E-state index contributed by atoms with van der Waals surface area (Å²) in [5, 5.41) is 3.73. The predicted molar refractivity (Wildman–Crippen MR) is 161 cm³/mol. The molecule has 214 valence electrons. The van der Waals surface area contributed by atoms with Gasteiger partial charge in [-0.2, -0.15) is 0 Å². The zero-order chi connectivity index (χ0) is 28.8. The van der Waals surface area contributed by atoms with E-state index in [2.05, 4.69) is 25.2 Å². The van der Waals surface area contributed by atoms with Crippen molar-refractivity contribution in [2.75, 3.05) is 57.2 Å². The Hall–Kier alpha value is -4.06. The number of ether oxygens (including phenoxy) is 1. The molecule has 1 aliphatic rings. The predicted octanol–water partition coefficient (Wildman–Crippen LogP) is 3.63. The Balaban J connectivity index is 1.21. The van der Waals surface area contributed by atoms with E-state index in [1.807, 2.05) is 49.3 Å². The number of hydrogen-bond acceptors (Lipinski definition) is 8. The van der Waals surface area contributed by atoms with Crippen LogP contribution < -0.4 is 10.2 Å². The summed E-state index contributed by atoms with van der Waals surface area (Å²) in [7, 11) is 0.442. The van der Waals surface area contributed by atoms with Crippen LogP contribution in [-0.2, 0) is 30.9 Å². The third-order valence-electron chi connectivity index (χ3n) is 6.71. The molecule has 0 atom stereocenters. The number of nitrogens with zero attached hydrogens (tertiary/aromatic N) is 4. The molecule has 4 aromatic rings. The van der Waals surface area contributed by atoms with Crippen LogP contribution in [0.5, 0.6) is 0 Å². The minimum absolute atomic E-state index is 0.0677. The van der Waals surface area contributed by atoms with E-state index in [4.69, 9.17) is 4.74 Å². The molecule has 11 heteroatoms. The standard InChI is InChI=1S/C30H34N6O4S/c1-35(2)13-3-4-28(37)33-25-11-7-23(8-12-25)20-41(38,39)19-22-5-9-24(10-6-22)27-18-26-29(34-27)31-21-32-30(26)36-14-16-40-17-15-36/h3-12,18,21H,13-17,19-20H2,1-2H3,(H,33,37)(H,31,32,34)/b4-3+. The van der Waals surface area contributed by atoms with Gasteiger partial charge in [0.15, 0.2) is 9.84 Å². The second-order valence-electron chi connectivity index (χ2n) is 10.3. The molecule has 1 fully saturated rings. The molecule has 1 amide bonds. The van der Waals surface area contributed by atoms with Crippen molar-refractivity contribution in [1.82, 2.24) is 19.9 Å². The van der Waals surface area contributed by atoms with Gasteiger partial charge in [-0.3, -0.25) is 4.79 Å². The molecule has 3 heterocycles. The number of H-pyrrole nitrogens is 1. The summed E-state index contributed by atoms with van der Waals surface area (Å²) in [6.07, 6.45) is 4.83. The van der Waals surface area contributed by atoms with Crippen molar-refractivity contribution in [3.8, 4) is 11.3 Å². The Morgan fingerprint density at radius 1 is 1.02 bits per heavy atom. The molecule has 2 aromatic heterocycles. The molecule has 1 saturated heterocycles. The lowest BCUT2D eigenvalue weighted by atomic mass is 10.1. The van der Waals surface area contributed by atoms with E-state index in [1.165, 1.54) is 6.08 Å². The Kier molecular flexibility index (Phi) is 8.77. The van der Waals surface area contributed by atoms with E-state index in [0.29, 0.717) is 36.6 Å². The monoisotopic (exact) mass is 574 g/mol. The average Bonchev–Trinajstić information content (AvgIpc) is 3.39. The summed E-state index contributed by atoms with van der Waals surface area (Å²) in [6, 6.07) is 16.4. The second-order valence-corrected chi connectivity index (χ2v) is 12.4. The van der Waals surface area contributed by atoms with Gasteiger partial charge in [0.2, 0.25) is 5.91 Å². The number of carbonyl (C=O) groups is 1. The third kappa shape index (κ3) is 7.57. The lowest BCUT2D eigenvalue weighted by Crippen LogP contribution is -2.36. The molecule has 2 aromatic carbocycles. The molecule has 0 spiro atoms. The molecule has 41 heavy (non-hydrogen) atoms. The number of carbonyl (C=O) groups excluding carboxylic acids is 1. The van der Waals surface area contributed by atoms with Gasteiger partial charge in [0.25, 0.3) is 0 Å². The van der Waals surface area contributed by atoms with Gasteiger partial charge >= 0.3 is 0 Å². The number of likely N-dealkylation sites (N-methyl/N-ethyl adjacent to an activating group) is 1. The number of nitrogens with one attached hydrogen (secondary N) is 2. The first-order valence-corrected chi connectivity index (χ1v) is 15.3. The highest BCUT2D eigenvalue weighted by atomic mass is 32.2. The second kappa shape index (κ2) is 12.6. The number of rotatable bonds is 10. The largest absolute Gasteiger partial charge is 0.378 e. The van der Waals surface area contributed by atoms with Gasteiger partial charge in [-0.25, -0.2) is 18.4 Å². The fraction of sp³-hybridized carbons (Fsp3) is 0.300. The number of aromatic amines is 1. The summed E-state index contributed by atoms with van der Waals surface area (Å²) < 4.78 is 31.4. The van der Waals surface area contributed by atoms with Crippen LogP contribution in [-0.4, -0.2) is 81.1 Å². The topological polar surface area (TPSA) is 121 Å². The van der Waals surface area contributed by atoms with Gasteiger partial charge in [-0.05, 0) is 49.0 Å². The normalized spacial score (nSPS) is 14.3. The Labute approximate surface area is 240 Å². The van der Waals surface area contributed by atoms with E-state index >= 15 is 0 Å². The first-order valence-electron chi connectivity index (χ1n) is 13.4. The number of amides is 1. The van der Waals surface area contributed by atoms with Crippen molar-refractivity contribution >= 4 is 38.3 Å². The summed E-state index contributed by atoms with van der Waals surface area (Å²) >= 11 is 0. The molecule has 0 unspecified atom stereocenters. The summed E-state index contributed by atoms with van der Waals surface area (Å²) in [6.45, 7) is 3.58. The first-order chi connectivity index (χ1) is 19.8. The van der Waals surface area contributed by atoms with Crippen LogP contribution in [0.2, 0.25) is 0 Å². The zero-order valence-electron chi connectivity index (χ0n) is 23.2. The van der Waals surface area contributed by atoms with Crippen molar-refractivity contribution in [1.29, 1.82) is 0 Å². The minimum atomic E-state index is -3.40. The molecule has 10 nitrogen and oxygen atoms in total. The highest BCUT2D eigenvalue weighted by Gasteiger charge is 2.18. The number of benzene rings is 2. The van der Waals surface area contributed by atoms with Crippen LogP contribution in [0.25, 0.3) is 22.3 Å². The third-order valence-corrected chi connectivity index (χ3v) is 8.26. The van der Waals surface area contributed by atoms with Crippen LogP contribution in [0, 0.1) is 0 Å². The highest BCUT2D eigenvalue weighted by Crippen LogP contribution is 2.29. The fourth-order valence-electron chi connectivity index (χ4n) is 4.69. The quantitative estimate of drug-likeness (QED) is 0.276. The number of anilines is 2. The molecule has 0 bridgehead atoms. The SMILES string of the molecule is CN(C)C/C=C/C(=O)Nc1ccc(CS(=O)(=O)Cc2ccc(-c3cc4c(N5CCOCC5)ncnc4[nH]3)cc2)cc1. The van der Waals surface area contributed by atoms with Gasteiger partial charge in [0, 0.05) is 37.1 Å². The molecule has 5 rings (SSSR count). The smallest absolute Gasteiger partial charge is 0.248 e. The van der Waals surface area contributed by atoms with Crippen molar-refractivity contribution in [3.63, 3.8) is 0 Å². The van der Waals surface area contributed by atoms with E-state index < -0.39 is 9.84 Å². The van der Waals surface area contributed by atoms with Gasteiger partial charge in [-0.1, -0.05) is 42.5 Å². The Morgan fingerprint density at radius 2 is 1.68 bits per heavy atom. The minimum Gasteiger partial charge on any atom is -0.378 e. The van der Waals surface area contributed by atoms with E-state index in [0.717, 1.165) is 41.2 Å². The molecule has 0 radical (unpaired) electrons. The van der Waals surface area contributed by atoms with Crippen molar-refractivity contribution in [3.05, 3.63) is 84.2 Å².